The van der Waals surface area contributed by atoms with E-state index in [2.05, 4.69) is 4.72 Å². The highest BCUT2D eigenvalue weighted by molar-refractivity contribution is 7.89. The molecule has 5 nitrogen and oxygen atoms in total. The third-order valence-corrected chi connectivity index (χ3v) is 4.78. The predicted octanol–water partition coefficient (Wildman–Crippen LogP) is 2.08. The van der Waals surface area contributed by atoms with Gasteiger partial charge in [0.25, 0.3) is 0 Å². The monoisotopic (exact) mass is 315 g/mol. The first-order valence-electron chi connectivity index (χ1n) is 6.97. The summed E-state index contributed by atoms with van der Waals surface area (Å²) >= 11 is 0. The summed E-state index contributed by atoms with van der Waals surface area (Å²) in [6.45, 7) is 6.20. The van der Waals surface area contributed by atoms with Crippen molar-refractivity contribution in [3.05, 3.63) is 23.8 Å². The minimum Gasteiger partial charge on any atom is -0.495 e. The molecule has 0 bridgehead atoms. The van der Waals surface area contributed by atoms with Gasteiger partial charge in [-0.2, -0.15) is 0 Å². The van der Waals surface area contributed by atoms with Crippen LogP contribution in [0.25, 0.3) is 0 Å². The van der Waals surface area contributed by atoms with Crippen molar-refractivity contribution >= 4 is 10.0 Å². The van der Waals surface area contributed by atoms with Crippen LogP contribution in [-0.4, -0.2) is 33.8 Å². The molecule has 0 saturated heterocycles. The van der Waals surface area contributed by atoms with Crippen molar-refractivity contribution in [2.45, 2.75) is 38.5 Å². The van der Waals surface area contributed by atoms with Crippen molar-refractivity contribution in [1.82, 2.24) is 4.72 Å². The molecule has 0 spiro atoms. The molecule has 1 rings (SSSR count). The molecule has 0 radical (unpaired) electrons. The maximum absolute atomic E-state index is 12.4. The molecular weight excluding hydrogens is 290 g/mol. The predicted molar refractivity (Wildman–Crippen MR) is 83.0 cm³/mol. The standard InChI is InChI=1S/C15H25NO4S/c1-12-6-7-13(20-4)14(10-12)21(18,19)16-11-15(2,3)8-5-9-17/h6-7,10,16-17H,5,8-9,11H2,1-4H3. The number of methoxy groups -OCH3 is 1. The van der Waals surface area contributed by atoms with Gasteiger partial charge in [0.15, 0.2) is 0 Å². The lowest BCUT2D eigenvalue weighted by atomic mass is 9.88. The lowest BCUT2D eigenvalue weighted by Crippen LogP contribution is -2.34. The molecule has 0 aliphatic carbocycles. The number of rotatable bonds is 8. The van der Waals surface area contributed by atoms with E-state index in [9.17, 15) is 8.42 Å². The average Bonchev–Trinajstić information content (AvgIpc) is 2.43. The van der Waals surface area contributed by atoms with E-state index in [4.69, 9.17) is 9.84 Å². The fraction of sp³-hybridized carbons (Fsp3) is 0.600. The summed E-state index contributed by atoms with van der Waals surface area (Å²) in [5, 5.41) is 8.88. The highest BCUT2D eigenvalue weighted by atomic mass is 32.2. The van der Waals surface area contributed by atoms with Crippen LogP contribution < -0.4 is 9.46 Å². The van der Waals surface area contributed by atoms with Gasteiger partial charge < -0.3 is 9.84 Å². The molecule has 0 heterocycles. The van der Waals surface area contributed by atoms with E-state index in [1.54, 1.807) is 12.1 Å². The van der Waals surface area contributed by atoms with E-state index in [1.165, 1.54) is 7.11 Å². The Labute approximate surface area is 127 Å². The Morgan fingerprint density at radius 1 is 1.33 bits per heavy atom. The normalized spacial score (nSPS) is 12.4. The first-order valence-corrected chi connectivity index (χ1v) is 8.45. The first-order chi connectivity index (χ1) is 9.72. The highest BCUT2D eigenvalue weighted by Gasteiger charge is 2.24. The van der Waals surface area contributed by atoms with Crippen LogP contribution in [0.5, 0.6) is 5.75 Å². The Bertz CT molecular complexity index is 567. The van der Waals surface area contributed by atoms with Gasteiger partial charge in [-0.3, -0.25) is 0 Å². The molecule has 21 heavy (non-hydrogen) atoms. The van der Waals surface area contributed by atoms with E-state index >= 15 is 0 Å². The number of nitrogens with one attached hydrogen (secondary N) is 1. The van der Waals surface area contributed by atoms with Gasteiger partial charge in [-0.25, -0.2) is 13.1 Å². The quantitative estimate of drug-likeness (QED) is 0.770. The fourth-order valence-corrected chi connectivity index (χ4v) is 3.50. The number of ether oxygens (including phenoxy) is 1. The van der Waals surface area contributed by atoms with Crippen molar-refractivity contribution in [2.24, 2.45) is 5.41 Å². The van der Waals surface area contributed by atoms with Gasteiger partial charge in [-0.05, 0) is 42.9 Å². The first kappa shape index (κ1) is 17.9. The molecule has 2 N–H and O–H groups in total. The zero-order valence-electron chi connectivity index (χ0n) is 13.1. The van der Waals surface area contributed by atoms with E-state index in [1.807, 2.05) is 26.8 Å². The third-order valence-electron chi connectivity index (χ3n) is 3.36. The van der Waals surface area contributed by atoms with E-state index in [0.717, 1.165) is 12.0 Å². The molecule has 0 atom stereocenters. The van der Waals surface area contributed by atoms with Gasteiger partial charge in [0.05, 0.1) is 7.11 Å². The molecule has 0 aliphatic rings. The van der Waals surface area contributed by atoms with Gasteiger partial charge >= 0.3 is 0 Å². The molecule has 0 aromatic heterocycles. The number of aliphatic hydroxyl groups is 1. The molecule has 0 fully saturated rings. The van der Waals surface area contributed by atoms with Crippen LogP contribution >= 0.6 is 0 Å². The van der Waals surface area contributed by atoms with Gasteiger partial charge in [-0.1, -0.05) is 19.9 Å². The summed E-state index contributed by atoms with van der Waals surface area (Å²) in [5.74, 6) is 0.335. The van der Waals surface area contributed by atoms with Crippen LogP contribution in [0, 0.1) is 12.3 Å². The van der Waals surface area contributed by atoms with Crippen molar-refractivity contribution in [1.29, 1.82) is 0 Å². The van der Waals surface area contributed by atoms with Crippen LogP contribution in [0.1, 0.15) is 32.3 Å². The maximum atomic E-state index is 12.4. The molecule has 1 aromatic rings. The lowest BCUT2D eigenvalue weighted by molar-refractivity contribution is 0.242. The Morgan fingerprint density at radius 2 is 2.00 bits per heavy atom. The van der Waals surface area contributed by atoms with Gasteiger partial charge in [-0.15, -0.1) is 0 Å². The van der Waals surface area contributed by atoms with Crippen LogP contribution in [0.2, 0.25) is 0 Å². The smallest absolute Gasteiger partial charge is 0.244 e. The van der Waals surface area contributed by atoms with Gasteiger partial charge in [0.1, 0.15) is 10.6 Å². The summed E-state index contributed by atoms with van der Waals surface area (Å²) < 4.78 is 32.7. The van der Waals surface area contributed by atoms with Crippen LogP contribution in [0.4, 0.5) is 0 Å². The van der Waals surface area contributed by atoms with E-state index in [0.29, 0.717) is 18.7 Å². The lowest BCUT2D eigenvalue weighted by Gasteiger charge is -2.24. The topological polar surface area (TPSA) is 75.6 Å². The fourth-order valence-electron chi connectivity index (χ4n) is 2.01. The minimum atomic E-state index is -3.62. The molecule has 0 amide bonds. The summed E-state index contributed by atoms with van der Waals surface area (Å²) in [6.07, 6.45) is 1.40. The second-order valence-corrected chi connectivity index (χ2v) is 7.71. The van der Waals surface area contributed by atoms with Crippen molar-refractivity contribution < 1.29 is 18.3 Å². The second-order valence-electron chi connectivity index (χ2n) is 5.97. The van der Waals surface area contributed by atoms with Crippen LogP contribution in [0.3, 0.4) is 0 Å². The number of benzene rings is 1. The minimum absolute atomic E-state index is 0.113. The van der Waals surface area contributed by atoms with E-state index < -0.39 is 10.0 Å². The van der Waals surface area contributed by atoms with Crippen molar-refractivity contribution in [3.8, 4) is 5.75 Å². The van der Waals surface area contributed by atoms with Crippen LogP contribution in [0.15, 0.2) is 23.1 Å². The zero-order valence-corrected chi connectivity index (χ0v) is 14.0. The largest absolute Gasteiger partial charge is 0.495 e. The molecule has 0 unspecified atom stereocenters. The summed E-state index contributed by atoms with van der Waals surface area (Å²) in [6, 6.07) is 5.06. The van der Waals surface area contributed by atoms with Crippen LogP contribution in [-0.2, 0) is 10.0 Å². The Balaban J connectivity index is 2.90. The Morgan fingerprint density at radius 3 is 2.57 bits per heavy atom. The number of hydrogen-bond donors (Lipinski definition) is 2. The molecule has 0 saturated carbocycles. The Kier molecular flexibility index (Phi) is 6.19. The zero-order chi connectivity index (χ0) is 16.1. The molecule has 1 aromatic carbocycles. The average molecular weight is 315 g/mol. The van der Waals surface area contributed by atoms with Crippen molar-refractivity contribution in [2.75, 3.05) is 20.3 Å². The summed E-state index contributed by atoms with van der Waals surface area (Å²) in [4.78, 5) is 0.156. The molecular formula is C15H25NO4S. The third kappa shape index (κ3) is 5.30. The molecule has 120 valence electrons. The maximum Gasteiger partial charge on any atom is 0.244 e. The molecule has 6 heteroatoms. The van der Waals surface area contributed by atoms with E-state index in [-0.39, 0.29) is 16.9 Å². The second kappa shape index (κ2) is 7.24. The number of aliphatic hydroxyl groups excluding tert-OH is 1. The van der Waals surface area contributed by atoms with Gasteiger partial charge in [0, 0.05) is 13.2 Å². The SMILES string of the molecule is COc1ccc(C)cc1S(=O)(=O)NCC(C)(C)CCCO. The van der Waals surface area contributed by atoms with Gasteiger partial charge in [0.2, 0.25) is 10.0 Å². The number of hydrogen-bond acceptors (Lipinski definition) is 4. The Hall–Kier alpha value is -1.11. The highest BCUT2D eigenvalue weighted by Crippen LogP contribution is 2.26. The molecule has 0 aliphatic heterocycles. The summed E-state index contributed by atoms with van der Waals surface area (Å²) in [5.41, 5.74) is 0.642. The summed E-state index contributed by atoms with van der Waals surface area (Å²) in [7, 11) is -2.17. The van der Waals surface area contributed by atoms with Crippen molar-refractivity contribution in [3.63, 3.8) is 0 Å². The number of aryl methyl sites for hydroxylation is 1. The number of sulfonamides is 1.